The molecule has 1 heterocycles. The number of hydrogen-bond donors (Lipinski definition) is 1. The molecule has 0 aliphatic rings. The van der Waals surface area contributed by atoms with Crippen LogP contribution in [0.15, 0.2) is 40.6 Å². The standard InChI is InChI=1S/C15H16N2O2S2/c1-15(2,3)12-6-4-5-7-13(12)17-21(18,19)14-9-8-11(10-16)20-14/h4-9,17H,1-3H3. The number of rotatable bonds is 3. The minimum atomic E-state index is -3.67. The Bertz CT molecular complexity index is 794. The van der Waals surface area contributed by atoms with Crippen LogP contribution >= 0.6 is 11.3 Å². The Hall–Kier alpha value is -1.84. The first kappa shape index (κ1) is 15.5. The summed E-state index contributed by atoms with van der Waals surface area (Å²) in [6.07, 6.45) is 0. The van der Waals surface area contributed by atoms with Crippen molar-refractivity contribution in [3.05, 3.63) is 46.8 Å². The first-order chi connectivity index (χ1) is 9.74. The number of hydrogen-bond acceptors (Lipinski definition) is 4. The van der Waals surface area contributed by atoms with Gasteiger partial charge in [-0.05, 0) is 29.2 Å². The highest BCUT2D eigenvalue weighted by Crippen LogP contribution is 2.31. The van der Waals surface area contributed by atoms with Gasteiger partial charge in [-0.3, -0.25) is 4.72 Å². The van der Waals surface area contributed by atoms with E-state index in [1.165, 1.54) is 12.1 Å². The zero-order valence-electron chi connectivity index (χ0n) is 12.0. The summed E-state index contributed by atoms with van der Waals surface area (Å²) in [7, 11) is -3.67. The van der Waals surface area contributed by atoms with E-state index in [0.717, 1.165) is 16.9 Å². The van der Waals surface area contributed by atoms with Gasteiger partial charge in [0.25, 0.3) is 10.0 Å². The molecule has 0 atom stereocenters. The number of nitriles is 1. The highest BCUT2D eigenvalue weighted by atomic mass is 32.2. The lowest BCUT2D eigenvalue weighted by molar-refractivity contribution is 0.590. The smallest absolute Gasteiger partial charge is 0.271 e. The summed E-state index contributed by atoms with van der Waals surface area (Å²) >= 11 is 0.961. The van der Waals surface area contributed by atoms with Crippen LogP contribution < -0.4 is 4.72 Å². The van der Waals surface area contributed by atoms with Crippen LogP contribution in [0.2, 0.25) is 0 Å². The van der Waals surface area contributed by atoms with Gasteiger partial charge in [-0.2, -0.15) is 5.26 Å². The molecule has 0 fully saturated rings. The highest BCUT2D eigenvalue weighted by molar-refractivity contribution is 7.94. The lowest BCUT2D eigenvalue weighted by atomic mass is 9.86. The third-order valence-electron chi connectivity index (χ3n) is 2.94. The fraction of sp³-hybridized carbons (Fsp3) is 0.267. The third kappa shape index (κ3) is 3.43. The van der Waals surface area contributed by atoms with Crippen LogP contribution in [0.4, 0.5) is 5.69 Å². The molecule has 1 aromatic heterocycles. The lowest BCUT2D eigenvalue weighted by Gasteiger charge is -2.23. The molecule has 110 valence electrons. The number of nitrogens with one attached hydrogen (secondary N) is 1. The number of sulfonamides is 1. The Labute approximate surface area is 129 Å². The van der Waals surface area contributed by atoms with Crippen molar-refractivity contribution >= 4 is 27.0 Å². The minimum Gasteiger partial charge on any atom is -0.279 e. The lowest BCUT2D eigenvalue weighted by Crippen LogP contribution is -2.18. The van der Waals surface area contributed by atoms with Crippen molar-refractivity contribution in [1.82, 2.24) is 0 Å². The first-order valence-corrected chi connectivity index (χ1v) is 8.66. The molecule has 0 bridgehead atoms. The van der Waals surface area contributed by atoms with E-state index in [9.17, 15) is 8.42 Å². The summed E-state index contributed by atoms with van der Waals surface area (Å²) in [5, 5.41) is 8.80. The number of para-hydroxylation sites is 1. The molecule has 1 N–H and O–H groups in total. The molecule has 1 aromatic carbocycles. The van der Waals surface area contributed by atoms with E-state index >= 15 is 0 Å². The van der Waals surface area contributed by atoms with Gasteiger partial charge in [0, 0.05) is 0 Å². The minimum absolute atomic E-state index is 0.141. The van der Waals surface area contributed by atoms with Crippen LogP contribution in [0.3, 0.4) is 0 Å². The number of thiophene rings is 1. The molecule has 21 heavy (non-hydrogen) atoms. The highest BCUT2D eigenvalue weighted by Gasteiger charge is 2.22. The predicted molar refractivity (Wildman–Crippen MR) is 85.0 cm³/mol. The van der Waals surface area contributed by atoms with Crippen LogP contribution in [0.5, 0.6) is 0 Å². The average Bonchev–Trinajstić information content (AvgIpc) is 2.87. The Morgan fingerprint density at radius 3 is 2.38 bits per heavy atom. The summed E-state index contributed by atoms with van der Waals surface area (Å²) in [5.74, 6) is 0. The molecular formula is C15H16N2O2S2. The first-order valence-electron chi connectivity index (χ1n) is 6.36. The summed E-state index contributed by atoms with van der Waals surface area (Å²) in [6, 6.07) is 12.2. The van der Waals surface area contributed by atoms with Crippen LogP contribution in [-0.4, -0.2) is 8.42 Å². The third-order valence-corrected chi connectivity index (χ3v) is 5.78. The Morgan fingerprint density at radius 2 is 1.81 bits per heavy atom. The van der Waals surface area contributed by atoms with Gasteiger partial charge in [-0.1, -0.05) is 39.0 Å². The second-order valence-electron chi connectivity index (χ2n) is 5.63. The van der Waals surface area contributed by atoms with Gasteiger partial charge in [0.1, 0.15) is 15.2 Å². The van der Waals surface area contributed by atoms with Crippen molar-refractivity contribution in [1.29, 1.82) is 5.26 Å². The molecule has 0 unspecified atom stereocenters. The van der Waals surface area contributed by atoms with Crippen LogP contribution in [0, 0.1) is 11.3 Å². The monoisotopic (exact) mass is 320 g/mol. The largest absolute Gasteiger partial charge is 0.279 e. The van der Waals surface area contributed by atoms with E-state index in [4.69, 9.17) is 5.26 Å². The zero-order valence-corrected chi connectivity index (χ0v) is 13.7. The predicted octanol–water partition coefficient (Wildman–Crippen LogP) is 3.72. The Kier molecular flexibility index (Phi) is 4.08. The topological polar surface area (TPSA) is 70.0 Å². The Balaban J connectivity index is 2.40. The quantitative estimate of drug-likeness (QED) is 0.937. The molecule has 4 nitrogen and oxygen atoms in total. The molecule has 0 saturated heterocycles. The molecule has 0 radical (unpaired) electrons. The fourth-order valence-corrected chi connectivity index (χ4v) is 4.13. The zero-order chi connectivity index (χ0) is 15.7. The van der Waals surface area contributed by atoms with Crippen molar-refractivity contribution in [2.24, 2.45) is 0 Å². The van der Waals surface area contributed by atoms with Crippen LogP contribution in [-0.2, 0) is 15.4 Å². The van der Waals surface area contributed by atoms with E-state index < -0.39 is 10.0 Å². The van der Waals surface area contributed by atoms with Crippen LogP contribution in [0.1, 0.15) is 31.2 Å². The van der Waals surface area contributed by atoms with E-state index in [1.54, 1.807) is 12.1 Å². The van der Waals surface area contributed by atoms with Gasteiger partial charge in [-0.15, -0.1) is 11.3 Å². The van der Waals surface area contributed by atoms with Crippen LogP contribution in [0.25, 0.3) is 0 Å². The molecular weight excluding hydrogens is 304 g/mol. The molecule has 0 spiro atoms. The van der Waals surface area contributed by atoms with Gasteiger partial charge in [-0.25, -0.2) is 8.42 Å². The van der Waals surface area contributed by atoms with E-state index in [2.05, 4.69) is 4.72 Å². The molecule has 0 amide bonds. The van der Waals surface area contributed by atoms with E-state index in [-0.39, 0.29) is 9.62 Å². The van der Waals surface area contributed by atoms with Crippen molar-refractivity contribution in [3.63, 3.8) is 0 Å². The number of nitrogens with zero attached hydrogens (tertiary/aromatic N) is 1. The fourth-order valence-electron chi connectivity index (χ4n) is 1.95. The van der Waals surface area contributed by atoms with Gasteiger partial charge >= 0.3 is 0 Å². The normalized spacial score (nSPS) is 11.9. The molecule has 2 aromatic rings. The molecule has 0 aliphatic carbocycles. The second kappa shape index (κ2) is 5.51. The maximum absolute atomic E-state index is 12.4. The van der Waals surface area contributed by atoms with Crippen molar-refractivity contribution in [2.75, 3.05) is 4.72 Å². The Morgan fingerprint density at radius 1 is 1.14 bits per heavy atom. The summed E-state index contributed by atoms with van der Waals surface area (Å²) in [4.78, 5) is 0.375. The second-order valence-corrected chi connectivity index (χ2v) is 8.62. The molecule has 6 heteroatoms. The van der Waals surface area contributed by atoms with Crippen molar-refractivity contribution < 1.29 is 8.42 Å². The average molecular weight is 320 g/mol. The van der Waals surface area contributed by atoms with E-state index in [0.29, 0.717) is 10.6 Å². The summed E-state index contributed by atoms with van der Waals surface area (Å²) in [6.45, 7) is 6.08. The van der Waals surface area contributed by atoms with Gasteiger partial charge in [0.2, 0.25) is 0 Å². The van der Waals surface area contributed by atoms with Gasteiger partial charge in [0.05, 0.1) is 5.69 Å². The molecule has 2 rings (SSSR count). The van der Waals surface area contributed by atoms with Crippen molar-refractivity contribution in [2.45, 2.75) is 30.4 Å². The summed E-state index contributed by atoms with van der Waals surface area (Å²) in [5.41, 5.74) is 1.31. The summed E-state index contributed by atoms with van der Waals surface area (Å²) < 4.78 is 27.6. The molecule has 0 saturated carbocycles. The van der Waals surface area contributed by atoms with Crippen molar-refractivity contribution in [3.8, 4) is 6.07 Å². The molecule has 0 aliphatic heterocycles. The number of anilines is 1. The van der Waals surface area contributed by atoms with Gasteiger partial charge < -0.3 is 0 Å². The number of benzene rings is 1. The maximum atomic E-state index is 12.4. The SMILES string of the molecule is CC(C)(C)c1ccccc1NS(=O)(=O)c1ccc(C#N)s1. The van der Waals surface area contributed by atoms with Gasteiger partial charge in [0.15, 0.2) is 0 Å². The maximum Gasteiger partial charge on any atom is 0.271 e. The van der Waals surface area contributed by atoms with E-state index in [1.807, 2.05) is 39.0 Å².